The molecule has 0 saturated heterocycles. The van der Waals surface area contributed by atoms with E-state index in [0.717, 1.165) is 20.5 Å². The molecule has 0 fully saturated rings. The molecule has 1 aromatic carbocycles. The molecule has 0 unspecified atom stereocenters. The van der Waals surface area contributed by atoms with E-state index in [2.05, 4.69) is 37.7 Å². The van der Waals surface area contributed by atoms with E-state index >= 15 is 0 Å². The summed E-state index contributed by atoms with van der Waals surface area (Å²) in [5, 5.41) is 3.99. The molecule has 2 aromatic heterocycles. The highest BCUT2D eigenvalue weighted by atomic mass is 127. The van der Waals surface area contributed by atoms with Crippen molar-refractivity contribution in [2.45, 2.75) is 20.5 Å². The van der Waals surface area contributed by atoms with Gasteiger partial charge in [0.1, 0.15) is 3.70 Å². The van der Waals surface area contributed by atoms with E-state index in [1.807, 2.05) is 50.2 Å². The minimum atomic E-state index is 0.222. The zero-order valence-electron chi connectivity index (χ0n) is 12.2. The van der Waals surface area contributed by atoms with Gasteiger partial charge in [-0.3, -0.25) is 0 Å². The Labute approximate surface area is 141 Å². The van der Waals surface area contributed by atoms with Gasteiger partial charge in [0.15, 0.2) is 12.4 Å². The van der Waals surface area contributed by atoms with Crippen LogP contribution in [0.25, 0.3) is 11.4 Å². The second-order valence-electron chi connectivity index (χ2n) is 4.91. The Morgan fingerprint density at radius 1 is 1.14 bits per heavy atom. The van der Waals surface area contributed by atoms with Crippen molar-refractivity contribution >= 4 is 22.6 Å². The zero-order valence-corrected chi connectivity index (χ0v) is 14.4. The van der Waals surface area contributed by atoms with Gasteiger partial charge in [-0.15, -0.1) is 0 Å². The van der Waals surface area contributed by atoms with Gasteiger partial charge in [0, 0.05) is 11.3 Å². The summed E-state index contributed by atoms with van der Waals surface area (Å²) in [6.07, 6.45) is 0. The van der Waals surface area contributed by atoms with Gasteiger partial charge in [-0.2, -0.15) is 4.98 Å². The highest BCUT2D eigenvalue weighted by Gasteiger charge is 2.10. The average molecular weight is 407 g/mol. The summed E-state index contributed by atoms with van der Waals surface area (Å²) in [7, 11) is 0. The Balaban J connectivity index is 1.72. The van der Waals surface area contributed by atoms with E-state index in [-0.39, 0.29) is 6.61 Å². The topological polar surface area (TPSA) is 61.0 Å². The van der Waals surface area contributed by atoms with Crippen LogP contribution in [-0.2, 0) is 6.61 Å². The summed E-state index contributed by atoms with van der Waals surface area (Å²) in [6.45, 7) is 4.19. The lowest BCUT2D eigenvalue weighted by molar-refractivity contribution is 0.240. The molecule has 0 aliphatic rings. The fourth-order valence-electron chi connectivity index (χ4n) is 1.97. The molecule has 3 aromatic rings. The first-order chi connectivity index (χ1) is 10.6. The number of hydrogen-bond acceptors (Lipinski definition) is 5. The molecule has 22 heavy (non-hydrogen) atoms. The maximum Gasteiger partial charge on any atom is 0.264 e. The Morgan fingerprint density at radius 3 is 2.77 bits per heavy atom. The highest BCUT2D eigenvalue weighted by molar-refractivity contribution is 14.1. The van der Waals surface area contributed by atoms with Crippen molar-refractivity contribution in [1.29, 1.82) is 0 Å². The van der Waals surface area contributed by atoms with E-state index in [1.165, 1.54) is 0 Å². The molecule has 0 amide bonds. The molecule has 0 bridgehead atoms. The Kier molecular flexibility index (Phi) is 4.37. The molecule has 0 atom stereocenters. The second kappa shape index (κ2) is 6.43. The summed E-state index contributed by atoms with van der Waals surface area (Å²) < 4.78 is 11.7. The first-order valence-electron chi connectivity index (χ1n) is 6.77. The number of aryl methyl sites for hydroxylation is 2. The monoisotopic (exact) mass is 407 g/mol. The van der Waals surface area contributed by atoms with Crippen molar-refractivity contribution in [2.24, 2.45) is 0 Å². The molecule has 0 aliphatic heterocycles. The van der Waals surface area contributed by atoms with Crippen LogP contribution in [0.1, 0.15) is 17.1 Å². The van der Waals surface area contributed by atoms with Gasteiger partial charge in [0.25, 0.3) is 5.89 Å². The largest absolute Gasteiger partial charge is 0.481 e. The molecule has 112 valence electrons. The van der Waals surface area contributed by atoms with E-state index in [9.17, 15) is 0 Å². The SMILES string of the molecule is Cc1cccc(-c2noc(COc3ccc(C)nc3I)n2)c1. The van der Waals surface area contributed by atoms with Crippen molar-refractivity contribution in [1.82, 2.24) is 15.1 Å². The van der Waals surface area contributed by atoms with Crippen molar-refractivity contribution in [3.8, 4) is 17.1 Å². The zero-order chi connectivity index (χ0) is 15.5. The van der Waals surface area contributed by atoms with Gasteiger partial charge >= 0.3 is 0 Å². The van der Waals surface area contributed by atoms with Crippen LogP contribution in [0.15, 0.2) is 40.9 Å². The van der Waals surface area contributed by atoms with Crippen molar-refractivity contribution < 1.29 is 9.26 Å². The Bertz CT molecular complexity index is 802. The third kappa shape index (κ3) is 3.44. The summed E-state index contributed by atoms with van der Waals surface area (Å²) in [5.74, 6) is 1.72. The van der Waals surface area contributed by atoms with Gasteiger partial charge in [0.05, 0.1) is 0 Å². The van der Waals surface area contributed by atoms with Crippen molar-refractivity contribution in [2.75, 3.05) is 0 Å². The molecule has 0 aliphatic carbocycles. The van der Waals surface area contributed by atoms with Crippen molar-refractivity contribution in [3.63, 3.8) is 0 Å². The van der Waals surface area contributed by atoms with Crippen molar-refractivity contribution in [3.05, 3.63) is 57.2 Å². The molecule has 6 heteroatoms. The average Bonchev–Trinajstić information content (AvgIpc) is 2.95. The Hall–Kier alpha value is -1.96. The third-order valence-electron chi connectivity index (χ3n) is 3.05. The lowest BCUT2D eigenvalue weighted by Gasteiger charge is -2.05. The minimum Gasteiger partial charge on any atom is -0.481 e. The number of ether oxygens (including phenoxy) is 1. The van der Waals surface area contributed by atoms with Crippen LogP contribution < -0.4 is 4.74 Å². The maximum atomic E-state index is 5.68. The number of nitrogens with zero attached hydrogens (tertiary/aromatic N) is 3. The van der Waals surface area contributed by atoms with E-state index in [0.29, 0.717) is 17.5 Å². The van der Waals surface area contributed by atoms with Crippen LogP contribution >= 0.6 is 22.6 Å². The number of aromatic nitrogens is 3. The first kappa shape index (κ1) is 15.0. The lowest BCUT2D eigenvalue weighted by Crippen LogP contribution is -1.99. The number of pyridine rings is 1. The highest BCUT2D eigenvalue weighted by Crippen LogP contribution is 2.21. The summed E-state index contributed by atoms with van der Waals surface area (Å²) in [4.78, 5) is 8.70. The smallest absolute Gasteiger partial charge is 0.264 e. The molecule has 2 heterocycles. The standard InChI is InChI=1S/C16H14IN3O2/c1-10-4-3-5-12(8-10)16-19-14(22-20-16)9-21-13-7-6-11(2)18-15(13)17/h3-8H,9H2,1-2H3. The molecule has 0 N–H and O–H groups in total. The lowest BCUT2D eigenvalue weighted by atomic mass is 10.1. The minimum absolute atomic E-state index is 0.222. The molecular weight excluding hydrogens is 393 g/mol. The van der Waals surface area contributed by atoms with Gasteiger partial charge in [-0.25, -0.2) is 4.98 Å². The molecular formula is C16H14IN3O2. The van der Waals surface area contributed by atoms with Gasteiger partial charge in [-0.1, -0.05) is 28.9 Å². The predicted octanol–water partition coefficient (Wildman–Crippen LogP) is 3.93. The van der Waals surface area contributed by atoms with Crippen LogP contribution in [0, 0.1) is 17.5 Å². The number of hydrogen-bond donors (Lipinski definition) is 0. The van der Waals surface area contributed by atoms with Gasteiger partial charge in [0.2, 0.25) is 5.82 Å². The number of rotatable bonds is 4. The summed E-state index contributed by atoms with van der Waals surface area (Å²) in [5.41, 5.74) is 3.04. The van der Waals surface area contributed by atoms with Crippen LogP contribution in [0.2, 0.25) is 0 Å². The van der Waals surface area contributed by atoms with Crippen LogP contribution in [0.5, 0.6) is 5.75 Å². The van der Waals surface area contributed by atoms with E-state index in [1.54, 1.807) is 0 Å². The van der Waals surface area contributed by atoms with Crippen LogP contribution in [0.3, 0.4) is 0 Å². The summed E-state index contributed by atoms with van der Waals surface area (Å²) in [6, 6.07) is 11.8. The van der Waals surface area contributed by atoms with Gasteiger partial charge < -0.3 is 9.26 Å². The van der Waals surface area contributed by atoms with Crippen LogP contribution in [-0.4, -0.2) is 15.1 Å². The van der Waals surface area contributed by atoms with E-state index < -0.39 is 0 Å². The molecule has 0 saturated carbocycles. The number of halogens is 1. The fourth-order valence-corrected chi connectivity index (χ4v) is 2.69. The fraction of sp³-hybridized carbons (Fsp3) is 0.188. The second-order valence-corrected chi connectivity index (χ2v) is 5.93. The quantitative estimate of drug-likeness (QED) is 0.485. The number of benzene rings is 1. The van der Waals surface area contributed by atoms with Crippen LogP contribution in [0.4, 0.5) is 0 Å². The first-order valence-corrected chi connectivity index (χ1v) is 7.85. The summed E-state index contributed by atoms with van der Waals surface area (Å²) >= 11 is 2.14. The predicted molar refractivity (Wildman–Crippen MR) is 90.5 cm³/mol. The van der Waals surface area contributed by atoms with E-state index in [4.69, 9.17) is 9.26 Å². The normalized spacial score (nSPS) is 10.7. The third-order valence-corrected chi connectivity index (χ3v) is 3.82. The molecule has 0 radical (unpaired) electrons. The molecule has 3 rings (SSSR count). The Morgan fingerprint density at radius 2 is 2.00 bits per heavy atom. The molecule has 5 nitrogen and oxygen atoms in total. The molecule has 0 spiro atoms. The maximum absolute atomic E-state index is 5.68. The van der Waals surface area contributed by atoms with Gasteiger partial charge in [-0.05, 0) is 54.6 Å².